The lowest BCUT2D eigenvalue weighted by atomic mass is 9.60. The van der Waals surface area contributed by atoms with Gasteiger partial charge in [0, 0.05) is 30.7 Å². The van der Waals surface area contributed by atoms with Gasteiger partial charge < -0.3 is 40.7 Å². The van der Waals surface area contributed by atoms with Gasteiger partial charge in [-0.15, -0.1) is 0 Å². The van der Waals surface area contributed by atoms with Gasteiger partial charge in [-0.2, -0.15) is 0 Å². The summed E-state index contributed by atoms with van der Waals surface area (Å²) in [4.78, 5) is 0. The number of aliphatic hydroxyl groups is 1. The lowest BCUT2D eigenvalue weighted by Gasteiger charge is -2.58. The van der Waals surface area contributed by atoms with Gasteiger partial charge in [0.15, 0.2) is 23.0 Å². The van der Waals surface area contributed by atoms with E-state index in [-0.39, 0.29) is 58.4 Å². The molecule has 2 aliphatic heterocycles. The van der Waals surface area contributed by atoms with Gasteiger partial charge in [0.1, 0.15) is 5.75 Å². The van der Waals surface area contributed by atoms with E-state index in [2.05, 4.69) is 29.6 Å². The molecule has 0 aromatic heterocycles. The normalized spacial score (nSPS) is 25.4. The van der Waals surface area contributed by atoms with Crippen LogP contribution in [-0.2, 0) is 24.1 Å². The minimum atomic E-state index is -0.361. The van der Waals surface area contributed by atoms with Gasteiger partial charge in [0.25, 0.3) is 0 Å². The van der Waals surface area contributed by atoms with Crippen LogP contribution in [0.1, 0.15) is 72.8 Å². The summed E-state index contributed by atoms with van der Waals surface area (Å²) in [5.41, 5.74) is 3.92. The average molecular weight is 652 g/mol. The molecule has 7 rings (SSSR count). The highest BCUT2D eigenvalue weighted by molar-refractivity contribution is 6.03. The minimum Gasteiger partial charge on any atom is -0.507 e. The van der Waals surface area contributed by atoms with Crippen molar-refractivity contribution in [2.45, 2.75) is 82.1 Å². The van der Waals surface area contributed by atoms with Gasteiger partial charge in [-0.05, 0) is 103 Å². The molecule has 0 unspecified atom stereocenters. The lowest BCUT2D eigenvalue weighted by molar-refractivity contribution is -0.241. The molecule has 2 heterocycles. The molecule has 2 saturated heterocycles. The number of ether oxygens (including phenoxy) is 1. The third-order valence-corrected chi connectivity index (χ3v) is 11.2. The molecule has 1 aliphatic carbocycles. The molecule has 0 amide bonds. The first kappa shape index (κ1) is 32.3. The molecule has 8 nitrogen and oxygen atoms in total. The fourth-order valence-corrected chi connectivity index (χ4v) is 8.69. The van der Waals surface area contributed by atoms with Gasteiger partial charge in [0.05, 0.1) is 17.1 Å². The number of aromatic hydroxyl groups is 5. The average Bonchev–Trinajstić information content (AvgIpc) is 3.09. The number of aliphatic hydroxyl groups excluding tert-OH is 1. The Morgan fingerprint density at radius 2 is 1.60 bits per heavy atom. The Kier molecular flexibility index (Phi) is 8.98. The molecule has 2 bridgehead atoms. The van der Waals surface area contributed by atoms with E-state index in [9.17, 15) is 30.6 Å². The highest BCUT2D eigenvalue weighted by atomic mass is 16.5. The predicted octanol–water partition coefficient (Wildman–Crippen LogP) is 6.90. The molecule has 0 radical (unpaired) electrons. The molecule has 1 saturated carbocycles. The smallest absolute Gasteiger partial charge is 0.169 e. The first-order valence-electron chi connectivity index (χ1n) is 17.2. The van der Waals surface area contributed by atoms with Crippen molar-refractivity contribution in [2.24, 2.45) is 11.8 Å². The summed E-state index contributed by atoms with van der Waals surface area (Å²) in [7, 11) is 0. The van der Waals surface area contributed by atoms with Crippen molar-refractivity contribution in [1.29, 1.82) is 0 Å². The Bertz CT molecular complexity index is 1810. The molecule has 3 fully saturated rings. The van der Waals surface area contributed by atoms with E-state index in [0.717, 1.165) is 37.8 Å². The quantitative estimate of drug-likeness (QED) is 0.0765. The zero-order valence-corrected chi connectivity index (χ0v) is 27.1. The maximum Gasteiger partial charge on any atom is 0.169 e. The lowest BCUT2D eigenvalue weighted by Crippen LogP contribution is -2.62. The summed E-state index contributed by atoms with van der Waals surface area (Å²) >= 11 is 0. The molecule has 7 N–H and O–H groups in total. The van der Waals surface area contributed by atoms with Crippen LogP contribution in [0.3, 0.4) is 0 Å². The van der Waals surface area contributed by atoms with E-state index >= 15 is 0 Å². The summed E-state index contributed by atoms with van der Waals surface area (Å²) in [5.74, 6) is -0.446. The van der Waals surface area contributed by atoms with Crippen LogP contribution in [0.25, 0.3) is 22.9 Å². The second-order valence-corrected chi connectivity index (χ2v) is 14.0. The number of fused-ring (bicyclic) bond motifs is 2. The number of benzene rings is 4. The maximum atomic E-state index is 11.2. The third-order valence-electron chi connectivity index (χ3n) is 11.2. The Labute approximate surface area is 281 Å². The van der Waals surface area contributed by atoms with Crippen molar-refractivity contribution in [3.8, 4) is 28.7 Å². The van der Waals surface area contributed by atoms with Crippen molar-refractivity contribution in [1.82, 2.24) is 5.32 Å². The standard InChI is InChI=1S/C40H45NO7/c42-23-28-4-1-3-27-14-15-30-20-29(21-40(27,28)48-30)41-22-26-9-7-24(8-10-26)11-17-33-31(16-12-25-13-18-34(43)36(45)19-25)32-5-2-6-35(44)37(32)39(47)38(33)46/h2,5-10,12-13,16,18-19,27-30,41-47H,1,3-4,11,14-15,17,20-23H2/b16-12-/t27-,28-,29+,30+,40+/m0/s1. The van der Waals surface area contributed by atoms with Crippen molar-refractivity contribution >= 4 is 22.9 Å². The predicted molar refractivity (Wildman–Crippen MR) is 186 cm³/mol. The van der Waals surface area contributed by atoms with Crippen molar-refractivity contribution in [3.63, 3.8) is 0 Å². The molecule has 48 heavy (non-hydrogen) atoms. The Balaban J connectivity index is 1.06. The number of hydrogen-bond donors (Lipinski definition) is 7. The first-order valence-corrected chi connectivity index (χ1v) is 17.2. The van der Waals surface area contributed by atoms with Gasteiger partial charge in [-0.25, -0.2) is 0 Å². The van der Waals surface area contributed by atoms with E-state index in [1.807, 2.05) is 0 Å². The Morgan fingerprint density at radius 3 is 2.40 bits per heavy atom. The number of hydrogen-bond acceptors (Lipinski definition) is 8. The van der Waals surface area contributed by atoms with Crippen LogP contribution in [0.15, 0.2) is 60.7 Å². The first-order chi connectivity index (χ1) is 23.3. The van der Waals surface area contributed by atoms with Crippen LogP contribution in [0.2, 0.25) is 0 Å². The van der Waals surface area contributed by atoms with Gasteiger partial charge in [0.2, 0.25) is 0 Å². The topological polar surface area (TPSA) is 143 Å². The summed E-state index contributed by atoms with van der Waals surface area (Å²) in [6, 6.07) is 18.3. The number of aryl methyl sites for hydroxylation is 1. The second-order valence-electron chi connectivity index (χ2n) is 14.0. The monoisotopic (exact) mass is 651 g/mol. The van der Waals surface area contributed by atoms with Crippen molar-refractivity contribution in [3.05, 3.63) is 88.5 Å². The van der Waals surface area contributed by atoms with Gasteiger partial charge >= 0.3 is 0 Å². The molecule has 5 atom stereocenters. The van der Waals surface area contributed by atoms with Crippen LogP contribution >= 0.6 is 0 Å². The number of phenolic OH excluding ortho intramolecular Hbond substituents is 5. The van der Waals surface area contributed by atoms with E-state index in [1.54, 1.807) is 30.4 Å². The second kappa shape index (κ2) is 13.3. The van der Waals surface area contributed by atoms with Gasteiger partial charge in [-0.1, -0.05) is 61.0 Å². The molecule has 3 aliphatic rings. The maximum absolute atomic E-state index is 11.2. The highest BCUT2D eigenvalue weighted by Crippen LogP contribution is 2.53. The number of rotatable bonds is 9. The van der Waals surface area contributed by atoms with Crippen LogP contribution in [-0.4, -0.2) is 55.0 Å². The van der Waals surface area contributed by atoms with Gasteiger partial charge in [-0.3, -0.25) is 0 Å². The number of phenols is 5. The van der Waals surface area contributed by atoms with Crippen molar-refractivity contribution < 1.29 is 35.4 Å². The third kappa shape index (κ3) is 6.09. The zero-order chi connectivity index (χ0) is 33.4. The van der Waals surface area contributed by atoms with E-state index in [1.165, 1.54) is 43.0 Å². The molecular formula is C40H45NO7. The summed E-state index contributed by atoms with van der Waals surface area (Å²) in [6.45, 7) is 0.962. The summed E-state index contributed by atoms with van der Waals surface area (Å²) in [6.07, 6.45) is 12.6. The fourth-order valence-electron chi connectivity index (χ4n) is 8.69. The van der Waals surface area contributed by atoms with Crippen molar-refractivity contribution in [2.75, 3.05) is 6.61 Å². The van der Waals surface area contributed by atoms with Crippen LogP contribution in [0.5, 0.6) is 28.7 Å². The molecule has 8 heteroatoms. The molecule has 4 aromatic rings. The zero-order valence-electron chi connectivity index (χ0n) is 27.1. The van der Waals surface area contributed by atoms with Crippen LogP contribution < -0.4 is 5.32 Å². The van der Waals surface area contributed by atoms with Crippen LogP contribution in [0.4, 0.5) is 0 Å². The SMILES string of the molecule is OC[C@@H]1CCC[C@H]2CC[C@@H]3C[C@@H](NCc4ccc(CCc5c(O)c(O)c6c(O)cccc6c5/C=C\c5ccc(O)c(O)c5)cc4)C[C@@]21O3. The molecular weight excluding hydrogens is 606 g/mol. The summed E-state index contributed by atoms with van der Waals surface area (Å²) in [5, 5.41) is 67.1. The molecule has 1 spiro atoms. The Morgan fingerprint density at radius 1 is 0.792 bits per heavy atom. The van der Waals surface area contributed by atoms with E-state index < -0.39 is 0 Å². The Hall–Kier alpha value is -4.24. The fraction of sp³-hybridized carbons (Fsp3) is 0.400. The molecule has 252 valence electrons. The van der Waals surface area contributed by atoms with E-state index in [0.29, 0.717) is 46.9 Å². The molecule has 4 aromatic carbocycles. The van der Waals surface area contributed by atoms with Crippen LogP contribution in [0, 0.1) is 11.8 Å². The minimum absolute atomic E-state index is 0.136. The summed E-state index contributed by atoms with van der Waals surface area (Å²) < 4.78 is 6.71. The highest BCUT2D eigenvalue weighted by Gasteiger charge is 2.55. The number of nitrogens with one attached hydrogen (secondary N) is 1. The largest absolute Gasteiger partial charge is 0.507 e. The van der Waals surface area contributed by atoms with E-state index in [4.69, 9.17) is 4.74 Å².